The van der Waals surface area contributed by atoms with Gasteiger partial charge >= 0.3 is 5.97 Å². The number of aryl methyl sites for hydroxylation is 2. The van der Waals surface area contributed by atoms with Gasteiger partial charge in [-0.3, -0.25) is 9.78 Å². The molecule has 7 nitrogen and oxygen atoms in total. The number of rotatable bonds is 4. The summed E-state index contributed by atoms with van der Waals surface area (Å²) in [6.45, 7) is 0. The number of carbonyl (C=O) groups is 2. The van der Waals surface area contributed by atoms with Crippen molar-refractivity contribution in [1.82, 2.24) is 9.97 Å². The van der Waals surface area contributed by atoms with E-state index >= 15 is 0 Å². The maximum absolute atomic E-state index is 12.6. The van der Waals surface area contributed by atoms with Crippen molar-refractivity contribution in [3.8, 4) is 16.9 Å². The second-order valence-electron chi connectivity index (χ2n) is 6.16. The summed E-state index contributed by atoms with van der Waals surface area (Å²) in [7, 11) is 2.96. The van der Waals surface area contributed by atoms with Crippen LogP contribution in [-0.4, -0.2) is 36.1 Å². The van der Waals surface area contributed by atoms with Crippen molar-refractivity contribution in [3.63, 3.8) is 0 Å². The summed E-state index contributed by atoms with van der Waals surface area (Å²) < 4.78 is 10.3. The van der Waals surface area contributed by atoms with Crippen LogP contribution in [0.15, 0.2) is 36.8 Å². The first kappa shape index (κ1) is 18.1. The van der Waals surface area contributed by atoms with Crippen LogP contribution in [-0.2, 0) is 17.6 Å². The summed E-state index contributed by atoms with van der Waals surface area (Å²) in [6.07, 6.45) is 5.91. The van der Waals surface area contributed by atoms with Gasteiger partial charge < -0.3 is 14.8 Å². The molecule has 2 aromatic heterocycles. The Balaban J connectivity index is 1.80. The number of aromatic nitrogens is 2. The highest BCUT2D eigenvalue weighted by Crippen LogP contribution is 2.46. The molecule has 0 unspecified atom stereocenters. The van der Waals surface area contributed by atoms with Crippen molar-refractivity contribution in [3.05, 3.63) is 58.5 Å². The van der Waals surface area contributed by atoms with Crippen LogP contribution in [0.2, 0.25) is 0 Å². The lowest BCUT2D eigenvalue weighted by atomic mass is 9.88. The fraction of sp³-hybridized carbons (Fsp3) is 0.200. The number of hydrogen-bond acceptors (Lipinski definition) is 7. The number of ether oxygens (including phenoxy) is 2. The number of fused-ring (bicyclic) bond motifs is 3. The molecule has 1 amide bonds. The van der Waals surface area contributed by atoms with Crippen molar-refractivity contribution in [2.75, 3.05) is 19.5 Å². The van der Waals surface area contributed by atoms with Crippen LogP contribution in [0.5, 0.6) is 5.75 Å². The Hall–Kier alpha value is -3.26. The van der Waals surface area contributed by atoms with Crippen molar-refractivity contribution in [2.45, 2.75) is 12.8 Å². The van der Waals surface area contributed by atoms with Crippen LogP contribution < -0.4 is 10.1 Å². The average molecular weight is 395 g/mol. The minimum absolute atomic E-state index is 0.176. The van der Waals surface area contributed by atoms with Gasteiger partial charge in [0.15, 0.2) is 0 Å². The normalized spacial score (nSPS) is 11.9. The number of nitrogens with zero attached hydrogens (tertiary/aromatic N) is 2. The van der Waals surface area contributed by atoms with E-state index in [1.807, 2.05) is 18.2 Å². The van der Waals surface area contributed by atoms with Crippen molar-refractivity contribution in [1.29, 1.82) is 0 Å². The molecular formula is C20H17N3O4S. The lowest BCUT2D eigenvalue weighted by Crippen LogP contribution is -2.15. The summed E-state index contributed by atoms with van der Waals surface area (Å²) in [4.78, 5) is 34.1. The average Bonchev–Trinajstić information content (AvgIpc) is 3.11. The molecule has 1 aliphatic rings. The van der Waals surface area contributed by atoms with Crippen LogP contribution in [0.1, 0.15) is 31.3 Å². The highest BCUT2D eigenvalue weighted by molar-refractivity contribution is 7.17. The number of anilines is 1. The van der Waals surface area contributed by atoms with E-state index in [4.69, 9.17) is 9.47 Å². The quantitative estimate of drug-likeness (QED) is 0.682. The molecule has 1 aliphatic carbocycles. The molecule has 28 heavy (non-hydrogen) atoms. The Morgan fingerprint density at radius 3 is 2.75 bits per heavy atom. The van der Waals surface area contributed by atoms with Crippen LogP contribution in [0.4, 0.5) is 5.00 Å². The minimum atomic E-state index is -0.490. The molecule has 142 valence electrons. The highest BCUT2D eigenvalue weighted by Gasteiger charge is 2.30. The van der Waals surface area contributed by atoms with Gasteiger partial charge in [-0.25, -0.2) is 9.78 Å². The zero-order valence-corrected chi connectivity index (χ0v) is 16.1. The summed E-state index contributed by atoms with van der Waals surface area (Å²) in [6, 6.07) is 5.79. The summed E-state index contributed by atoms with van der Waals surface area (Å²) in [5, 5.41) is 3.26. The van der Waals surface area contributed by atoms with E-state index in [0.717, 1.165) is 40.2 Å². The Kier molecular flexibility index (Phi) is 4.79. The molecule has 1 aromatic carbocycles. The number of esters is 1. The first-order chi connectivity index (χ1) is 13.6. The standard InChI is InChI=1S/C20H17N3O4S/c1-26-12-4-5-13-11(9-12)3-6-15-16(13)17(20(25)27-2)19(28-15)23-18(24)14-10-21-7-8-22-14/h4-5,7-10H,3,6H2,1-2H3,(H,23,24). The molecule has 0 spiro atoms. The summed E-state index contributed by atoms with van der Waals surface area (Å²) in [5.41, 5.74) is 3.41. The van der Waals surface area contributed by atoms with Crippen molar-refractivity contribution in [2.24, 2.45) is 0 Å². The maximum atomic E-state index is 12.6. The van der Waals surface area contributed by atoms with E-state index in [1.165, 1.54) is 37.0 Å². The number of carbonyl (C=O) groups excluding carboxylic acids is 2. The van der Waals surface area contributed by atoms with E-state index in [-0.39, 0.29) is 5.69 Å². The molecule has 0 bridgehead atoms. The SMILES string of the molecule is COC(=O)c1c(NC(=O)c2cnccn2)sc2c1-c1ccc(OC)cc1CC2. The fourth-order valence-electron chi connectivity index (χ4n) is 3.30. The number of methoxy groups -OCH3 is 2. The van der Waals surface area contributed by atoms with E-state index in [9.17, 15) is 9.59 Å². The van der Waals surface area contributed by atoms with Gasteiger partial charge in [0, 0.05) is 22.8 Å². The molecule has 4 rings (SSSR count). The third kappa shape index (κ3) is 3.11. The van der Waals surface area contributed by atoms with Gasteiger partial charge in [0.25, 0.3) is 5.91 Å². The third-order valence-electron chi connectivity index (χ3n) is 4.60. The molecule has 0 aliphatic heterocycles. The van der Waals surface area contributed by atoms with E-state index < -0.39 is 11.9 Å². The Morgan fingerprint density at radius 1 is 1.18 bits per heavy atom. The lowest BCUT2D eigenvalue weighted by Gasteiger charge is -2.18. The largest absolute Gasteiger partial charge is 0.497 e. The van der Waals surface area contributed by atoms with E-state index in [2.05, 4.69) is 15.3 Å². The second-order valence-corrected chi connectivity index (χ2v) is 7.27. The molecule has 3 aromatic rings. The smallest absolute Gasteiger partial charge is 0.341 e. The Morgan fingerprint density at radius 2 is 2.04 bits per heavy atom. The number of nitrogens with one attached hydrogen (secondary N) is 1. The van der Waals surface area contributed by atoms with Crippen LogP contribution in [0, 0.1) is 0 Å². The van der Waals surface area contributed by atoms with Crippen LogP contribution >= 0.6 is 11.3 Å². The van der Waals surface area contributed by atoms with Gasteiger partial charge in [0.2, 0.25) is 0 Å². The molecule has 0 radical (unpaired) electrons. The Labute approximate surface area is 165 Å². The molecule has 2 heterocycles. The molecule has 1 N–H and O–H groups in total. The number of benzene rings is 1. The third-order valence-corrected chi connectivity index (χ3v) is 5.76. The lowest BCUT2D eigenvalue weighted by molar-refractivity contribution is 0.0603. The zero-order chi connectivity index (χ0) is 19.7. The predicted octanol–water partition coefficient (Wildman–Crippen LogP) is 3.35. The van der Waals surface area contributed by atoms with Gasteiger partial charge in [0.1, 0.15) is 22.0 Å². The summed E-state index contributed by atoms with van der Waals surface area (Å²) >= 11 is 1.39. The Bertz CT molecular complexity index is 1060. The van der Waals surface area contributed by atoms with Gasteiger partial charge in [0.05, 0.1) is 20.4 Å². The van der Waals surface area contributed by atoms with Gasteiger partial charge in [-0.1, -0.05) is 6.07 Å². The topological polar surface area (TPSA) is 90.4 Å². The maximum Gasteiger partial charge on any atom is 0.341 e. The van der Waals surface area contributed by atoms with Crippen molar-refractivity contribution < 1.29 is 19.1 Å². The predicted molar refractivity (Wildman–Crippen MR) is 105 cm³/mol. The van der Waals surface area contributed by atoms with Crippen LogP contribution in [0.3, 0.4) is 0 Å². The minimum Gasteiger partial charge on any atom is -0.497 e. The number of amides is 1. The number of thiophene rings is 1. The summed E-state index contributed by atoms with van der Waals surface area (Å²) in [5.74, 6) is -0.143. The number of hydrogen-bond donors (Lipinski definition) is 1. The second kappa shape index (κ2) is 7.40. The van der Waals surface area contributed by atoms with E-state index in [0.29, 0.717) is 10.6 Å². The molecule has 0 saturated heterocycles. The fourth-order valence-corrected chi connectivity index (χ4v) is 4.50. The first-order valence-corrected chi connectivity index (χ1v) is 9.42. The van der Waals surface area contributed by atoms with Crippen molar-refractivity contribution >= 4 is 28.2 Å². The van der Waals surface area contributed by atoms with Gasteiger partial charge in [-0.15, -0.1) is 11.3 Å². The van der Waals surface area contributed by atoms with Gasteiger partial charge in [-0.2, -0.15) is 0 Å². The zero-order valence-electron chi connectivity index (χ0n) is 15.3. The molecule has 0 saturated carbocycles. The highest BCUT2D eigenvalue weighted by atomic mass is 32.1. The first-order valence-electron chi connectivity index (χ1n) is 8.61. The molecule has 0 atom stereocenters. The molecule has 8 heteroatoms. The monoisotopic (exact) mass is 395 g/mol. The van der Waals surface area contributed by atoms with Crippen LogP contribution in [0.25, 0.3) is 11.1 Å². The molecular weight excluding hydrogens is 378 g/mol. The van der Waals surface area contributed by atoms with E-state index in [1.54, 1.807) is 7.11 Å². The van der Waals surface area contributed by atoms with Gasteiger partial charge in [-0.05, 0) is 36.1 Å². The molecule has 0 fully saturated rings.